The molecule has 166 valence electrons. The zero-order valence-electron chi connectivity index (χ0n) is 17.2. The molecule has 3 aromatic rings. The van der Waals surface area contributed by atoms with Crippen LogP contribution in [-0.4, -0.2) is 41.9 Å². The highest BCUT2D eigenvalue weighted by Crippen LogP contribution is 2.48. The smallest absolute Gasteiger partial charge is 0.223 e. The number of rotatable bonds is 6. The van der Waals surface area contributed by atoms with Gasteiger partial charge in [-0.15, -0.1) is 0 Å². The Morgan fingerprint density at radius 2 is 1.91 bits per heavy atom. The largest absolute Gasteiger partial charge is 0.354 e. The number of carbonyl (C=O) groups excluding carboxylic acids is 1. The highest BCUT2D eigenvalue weighted by molar-refractivity contribution is 5.92. The molecule has 2 aliphatic rings. The van der Waals surface area contributed by atoms with E-state index in [-0.39, 0.29) is 29.1 Å². The number of nitrogens with zero attached hydrogens (tertiary/aromatic N) is 2. The summed E-state index contributed by atoms with van der Waals surface area (Å²) < 4.78 is 41.9. The van der Waals surface area contributed by atoms with Gasteiger partial charge in [-0.2, -0.15) is 5.10 Å². The fraction of sp³-hybridized carbons (Fsp3) is 0.304. The van der Waals surface area contributed by atoms with Crippen LogP contribution in [0.3, 0.4) is 0 Å². The van der Waals surface area contributed by atoms with Crippen molar-refractivity contribution in [1.82, 2.24) is 20.6 Å². The molecule has 2 heterocycles. The molecule has 1 aromatic heterocycles. The number of amides is 1. The zero-order valence-corrected chi connectivity index (χ0v) is 17.2. The molecule has 3 N–H and O–H groups in total. The first-order chi connectivity index (χ1) is 15.5. The second-order valence-electron chi connectivity index (χ2n) is 8.26. The van der Waals surface area contributed by atoms with Crippen molar-refractivity contribution in [3.8, 4) is 11.3 Å². The Morgan fingerprint density at radius 3 is 2.62 bits per heavy atom. The summed E-state index contributed by atoms with van der Waals surface area (Å²) in [6, 6.07) is 8.04. The second-order valence-corrected chi connectivity index (χ2v) is 8.26. The van der Waals surface area contributed by atoms with Crippen molar-refractivity contribution in [3.63, 3.8) is 0 Å². The summed E-state index contributed by atoms with van der Waals surface area (Å²) in [5, 5.41) is 7.31. The van der Waals surface area contributed by atoms with Crippen LogP contribution < -0.4 is 10.7 Å². The van der Waals surface area contributed by atoms with Gasteiger partial charge in [-0.05, 0) is 60.2 Å². The quantitative estimate of drug-likeness (QED) is 0.547. The first-order valence-electron chi connectivity index (χ1n) is 10.5. The highest BCUT2D eigenvalue weighted by atomic mass is 19.1. The Balaban J connectivity index is 1.35. The molecule has 0 saturated heterocycles. The molecule has 1 aliphatic carbocycles. The number of hydrogen-bond donors (Lipinski definition) is 3. The number of nitrogens with one attached hydrogen (secondary N) is 3. The Morgan fingerprint density at radius 1 is 1.12 bits per heavy atom. The summed E-state index contributed by atoms with van der Waals surface area (Å²) in [4.78, 5) is 17.5. The third kappa shape index (κ3) is 3.79. The summed E-state index contributed by atoms with van der Waals surface area (Å²) in [6.45, 7) is 1.80. The van der Waals surface area contributed by atoms with Gasteiger partial charge < -0.3 is 15.2 Å². The number of halogens is 3. The lowest BCUT2D eigenvalue weighted by Crippen LogP contribution is -2.41. The lowest BCUT2D eigenvalue weighted by molar-refractivity contribution is -0.127. The van der Waals surface area contributed by atoms with Gasteiger partial charge in [0.15, 0.2) is 0 Å². The highest BCUT2D eigenvalue weighted by Gasteiger charge is 2.38. The fourth-order valence-corrected chi connectivity index (χ4v) is 4.47. The standard InChI is InChI=1S/C23H22F3N5O/c24-16-3-1-13(2-4-16)21-20(18-9-17(25)10-19(26)22(18)30-21)14-7-15(8-14)23(32)27-5-6-31-11-28-29-12-31/h1-4,9-11,14-15,29-30H,5-8,12H2,(H,27,32). The van der Waals surface area contributed by atoms with Crippen LogP contribution in [0.5, 0.6) is 0 Å². The monoisotopic (exact) mass is 441 g/mol. The molecule has 1 amide bonds. The van der Waals surface area contributed by atoms with Crippen molar-refractivity contribution in [1.29, 1.82) is 0 Å². The minimum Gasteiger partial charge on any atom is -0.354 e. The van der Waals surface area contributed by atoms with Crippen LogP contribution >= 0.6 is 0 Å². The van der Waals surface area contributed by atoms with E-state index in [1.54, 1.807) is 18.5 Å². The van der Waals surface area contributed by atoms with Gasteiger partial charge in [-0.1, -0.05) is 0 Å². The number of benzene rings is 2. The number of carbonyl (C=O) groups is 1. The van der Waals surface area contributed by atoms with Crippen LogP contribution in [0.15, 0.2) is 41.5 Å². The van der Waals surface area contributed by atoms with Gasteiger partial charge in [0, 0.05) is 30.5 Å². The van der Waals surface area contributed by atoms with Gasteiger partial charge in [0.1, 0.15) is 30.5 Å². The van der Waals surface area contributed by atoms with E-state index in [1.807, 2.05) is 4.90 Å². The van der Waals surface area contributed by atoms with Crippen molar-refractivity contribution >= 4 is 23.1 Å². The third-order valence-electron chi connectivity index (χ3n) is 6.20. The van der Waals surface area contributed by atoms with Gasteiger partial charge in [-0.3, -0.25) is 10.2 Å². The molecule has 0 radical (unpaired) electrons. The van der Waals surface area contributed by atoms with Crippen LogP contribution in [0.2, 0.25) is 0 Å². The van der Waals surface area contributed by atoms with Crippen molar-refractivity contribution in [2.75, 3.05) is 19.8 Å². The molecule has 32 heavy (non-hydrogen) atoms. The maximum absolute atomic E-state index is 14.5. The maximum Gasteiger partial charge on any atom is 0.223 e. The first kappa shape index (κ1) is 20.4. The molecule has 9 heteroatoms. The lowest BCUT2D eigenvalue weighted by Gasteiger charge is -2.35. The number of aromatic nitrogens is 1. The van der Waals surface area contributed by atoms with E-state index in [1.165, 1.54) is 18.2 Å². The van der Waals surface area contributed by atoms with Crippen LogP contribution in [0, 0.1) is 23.4 Å². The molecular weight excluding hydrogens is 419 g/mol. The molecule has 2 aromatic carbocycles. The predicted octanol–water partition coefficient (Wildman–Crippen LogP) is 3.67. The third-order valence-corrected chi connectivity index (χ3v) is 6.20. The van der Waals surface area contributed by atoms with E-state index in [4.69, 9.17) is 0 Å². The maximum atomic E-state index is 14.5. The van der Waals surface area contributed by atoms with E-state index in [0.717, 1.165) is 11.6 Å². The molecule has 0 unspecified atom stereocenters. The van der Waals surface area contributed by atoms with Crippen LogP contribution in [0.25, 0.3) is 22.2 Å². The number of hydrazone groups is 1. The molecule has 6 nitrogen and oxygen atoms in total. The summed E-state index contributed by atoms with van der Waals surface area (Å²) in [5.41, 5.74) is 5.14. The Kier molecular flexibility index (Phi) is 5.24. The topological polar surface area (TPSA) is 72.5 Å². The summed E-state index contributed by atoms with van der Waals surface area (Å²) >= 11 is 0. The normalized spacial score (nSPS) is 19.8. The molecule has 0 atom stereocenters. The number of fused-ring (bicyclic) bond motifs is 1. The van der Waals surface area contributed by atoms with Crippen molar-refractivity contribution in [3.05, 3.63) is 59.4 Å². The molecule has 1 saturated carbocycles. The summed E-state index contributed by atoms with van der Waals surface area (Å²) in [6.07, 6.45) is 2.85. The van der Waals surface area contributed by atoms with Crippen LogP contribution in [0.4, 0.5) is 13.2 Å². The summed E-state index contributed by atoms with van der Waals surface area (Å²) in [5.74, 6) is -1.92. The first-order valence-corrected chi connectivity index (χ1v) is 10.5. The van der Waals surface area contributed by atoms with E-state index in [0.29, 0.717) is 49.2 Å². The molecule has 1 fully saturated rings. The van der Waals surface area contributed by atoms with E-state index >= 15 is 0 Å². The van der Waals surface area contributed by atoms with E-state index < -0.39 is 11.6 Å². The Hall–Kier alpha value is -3.49. The number of hydrogen-bond acceptors (Lipinski definition) is 4. The minimum atomic E-state index is -0.678. The molecular formula is C23H22F3N5O. The van der Waals surface area contributed by atoms with E-state index in [9.17, 15) is 18.0 Å². The van der Waals surface area contributed by atoms with Crippen molar-refractivity contribution in [2.24, 2.45) is 11.0 Å². The van der Waals surface area contributed by atoms with E-state index in [2.05, 4.69) is 20.8 Å². The fourth-order valence-electron chi connectivity index (χ4n) is 4.47. The predicted molar refractivity (Wildman–Crippen MR) is 115 cm³/mol. The van der Waals surface area contributed by atoms with Crippen molar-refractivity contribution in [2.45, 2.75) is 18.8 Å². The molecule has 0 spiro atoms. The minimum absolute atomic E-state index is 0.0223. The van der Waals surface area contributed by atoms with Crippen molar-refractivity contribution < 1.29 is 18.0 Å². The Bertz CT molecular complexity index is 1180. The lowest BCUT2D eigenvalue weighted by atomic mass is 9.70. The molecule has 5 rings (SSSR count). The van der Waals surface area contributed by atoms with Gasteiger partial charge >= 0.3 is 0 Å². The van der Waals surface area contributed by atoms with Gasteiger partial charge in [-0.25, -0.2) is 13.2 Å². The number of aromatic amines is 1. The van der Waals surface area contributed by atoms with Gasteiger partial charge in [0.2, 0.25) is 5.91 Å². The summed E-state index contributed by atoms with van der Waals surface area (Å²) in [7, 11) is 0. The SMILES string of the molecule is O=C(NCCN1C=NNC1)C1CC(c2c(-c3ccc(F)cc3)[nH]c3c(F)cc(F)cc23)C1. The van der Waals surface area contributed by atoms with Gasteiger partial charge in [0.05, 0.1) is 11.2 Å². The average Bonchev–Trinajstić information content (AvgIpc) is 3.36. The second kappa shape index (κ2) is 8.22. The average molecular weight is 441 g/mol. The molecule has 0 bridgehead atoms. The zero-order chi connectivity index (χ0) is 22.2. The van der Waals surface area contributed by atoms with Crippen LogP contribution in [0.1, 0.15) is 24.3 Å². The van der Waals surface area contributed by atoms with Gasteiger partial charge in [0.25, 0.3) is 0 Å². The molecule has 1 aliphatic heterocycles. The Labute approximate surface area is 182 Å². The number of H-pyrrole nitrogens is 1. The van der Waals surface area contributed by atoms with Crippen LogP contribution in [-0.2, 0) is 4.79 Å².